The van der Waals surface area contributed by atoms with Crippen LogP contribution in [-0.4, -0.2) is 60.4 Å². The van der Waals surface area contributed by atoms with Crippen molar-refractivity contribution < 1.29 is 24.2 Å². The average Bonchev–Trinajstić information content (AvgIpc) is 2.26. The molecule has 0 fully saturated rings. The number of carbonyl (C=O) groups excluding carboxylic acids is 2. The Labute approximate surface area is 125 Å². The molecule has 0 spiro atoms. The van der Waals surface area contributed by atoms with Crippen LogP contribution in [0.5, 0.6) is 0 Å². The number of amides is 2. The minimum absolute atomic E-state index is 0.0278. The third-order valence-corrected chi connectivity index (χ3v) is 1.78. The highest BCUT2D eigenvalue weighted by Gasteiger charge is 2.15. The van der Waals surface area contributed by atoms with E-state index >= 15 is 0 Å². The lowest BCUT2D eigenvalue weighted by Crippen LogP contribution is -2.33. The van der Waals surface area contributed by atoms with Crippen molar-refractivity contribution >= 4 is 24.2 Å². The van der Waals surface area contributed by atoms with Crippen molar-refractivity contribution in [2.75, 3.05) is 20.6 Å². The molecule has 0 aromatic carbocycles. The molecule has 0 atom stereocenters. The molecule has 8 nitrogen and oxygen atoms in total. The molecule has 8 heteroatoms. The Bertz CT molecular complexity index is 361. The second kappa shape index (κ2) is 10.6. The molecule has 122 valence electrons. The minimum Gasteiger partial charge on any atom is -0.481 e. The summed E-state index contributed by atoms with van der Waals surface area (Å²) in [5.41, 5.74) is -0.548. The van der Waals surface area contributed by atoms with E-state index in [9.17, 15) is 14.4 Å². The molecular weight excluding hydrogens is 278 g/mol. The number of carboxylic acid groups (broad SMARTS) is 1. The molecule has 0 aliphatic carbocycles. The lowest BCUT2D eigenvalue weighted by Gasteiger charge is -2.19. The second-order valence-corrected chi connectivity index (χ2v) is 5.27. The number of aliphatic carboxylic acids is 1. The predicted octanol–water partition coefficient (Wildman–Crippen LogP) is 1.10. The highest BCUT2D eigenvalue weighted by molar-refractivity contribution is 5.88. The summed E-state index contributed by atoms with van der Waals surface area (Å²) in [7, 11) is 3.34. The van der Waals surface area contributed by atoms with Gasteiger partial charge < -0.3 is 25.5 Å². The van der Waals surface area contributed by atoms with Crippen LogP contribution in [0.2, 0.25) is 0 Å². The fourth-order valence-corrected chi connectivity index (χ4v) is 0.856. The largest absolute Gasteiger partial charge is 0.481 e. The zero-order valence-corrected chi connectivity index (χ0v) is 13.2. The number of carboxylic acids is 1. The minimum atomic E-state index is -0.948. The van der Waals surface area contributed by atoms with E-state index in [2.05, 4.69) is 5.32 Å². The number of hydrogen-bond donors (Lipinski definition) is 3. The maximum atomic E-state index is 10.9. The van der Waals surface area contributed by atoms with Crippen molar-refractivity contribution in [1.82, 2.24) is 10.2 Å². The molecule has 0 unspecified atom stereocenters. The topological polar surface area (TPSA) is 120 Å². The fourth-order valence-electron chi connectivity index (χ4n) is 0.856. The zero-order chi connectivity index (χ0) is 17.1. The van der Waals surface area contributed by atoms with Crippen molar-refractivity contribution in [3.63, 3.8) is 0 Å². The smallest absolute Gasteiger partial charge is 0.407 e. The lowest BCUT2D eigenvalue weighted by molar-refractivity contribution is -0.136. The number of alkyl carbamates (subject to hydrolysis) is 1. The predicted molar refractivity (Wildman–Crippen MR) is 78.6 cm³/mol. The van der Waals surface area contributed by atoms with Gasteiger partial charge in [0.05, 0.1) is 12.8 Å². The van der Waals surface area contributed by atoms with Gasteiger partial charge >= 0.3 is 12.1 Å². The van der Waals surface area contributed by atoms with Crippen molar-refractivity contribution in [3.05, 3.63) is 0 Å². The Morgan fingerprint density at radius 3 is 2.10 bits per heavy atom. The van der Waals surface area contributed by atoms with E-state index in [0.717, 1.165) is 6.21 Å². The van der Waals surface area contributed by atoms with Gasteiger partial charge in [0.2, 0.25) is 5.91 Å². The molecular formula is C13H25N3O5. The van der Waals surface area contributed by atoms with Crippen molar-refractivity contribution in [3.8, 4) is 0 Å². The number of nitrogens with one attached hydrogen (secondary N) is 2. The van der Waals surface area contributed by atoms with Gasteiger partial charge in [0.25, 0.3) is 0 Å². The van der Waals surface area contributed by atoms with Gasteiger partial charge in [-0.05, 0) is 20.8 Å². The molecule has 0 aromatic heterocycles. The maximum Gasteiger partial charge on any atom is 0.407 e. The number of ether oxygens (including phenoxy) is 1. The number of carbonyl (C=O) groups is 3. The van der Waals surface area contributed by atoms with E-state index in [1.54, 1.807) is 34.9 Å². The van der Waals surface area contributed by atoms with Crippen LogP contribution in [0, 0.1) is 5.41 Å². The number of hydrogen-bond acceptors (Lipinski definition) is 5. The van der Waals surface area contributed by atoms with E-state index in [-0.39, 0.29) is 25.3 Å². The summed E-state index contributed by atoms with van der Waals surface area (Å²) in [6, 6.07) is 0. The third-order valence-electron chi connectivity index (χ3n) is 1.78. The Kier molecular flexibility index (Phi) is 10.7. The van der Waals surface area contributed by atoms with Crippen LogP contribution < -0.4 is 5.32 Å². The highest BCUT2D eigenvalue weighted by Crippen LogP contribution is 2.06. The maximum absolute atomic E-state index is 10.9. The first-order chi connectivity index (χ1) is 9.49. The van der Waals surface area contributed by atoms with Crippen molar-refractivity contribution in [1.29, 1.82) is 5.41 Å². The van der Waals surface area contributed by atoms with Crippen molar-refractivity contribution in [2.24, 2.45) is 0 Å². The molecule has 3 N–H and O–H groups in total. The van der Waals surface area contributed by atoms with E-state index in [1.807, 2.05) is 0 Å². The molecule has 0 aliphatic rings. The van der Waals surface area contributed by atoms with Gasteiger partial charge in [-0.2, -0.15) is 0 Å². The van der Waals surface area contributed by atoms with Crippen LogP contribution >= 0.6 is 0 Å². The lowest BCUT2D eigenvalue weighted by atomic mass is 10.2. The summed E-state index contributed by atoms with van der Waals surface area (Å²) in [4.78, 5) is 33.0. The van der Waals surface area contributed by atoms with Crippen molar-refractivity contribution in [2.45, 2.75) is 39.2 Å². The average molecular weight is 303 g/mol. The van der Waals surface area contributed by atoms with Crippen LogP contribution in [0.25, 0.3) is 0 Å². The summed E-state index contributed by atoms with van der Waals surface area (Å²) in [6.45, 7) is 5.31. The van der Waals surface area contributed by atoms with Crippen LogP contribution in [0.4, 0.5) is 4.79 Å². The Morgan fingerprint density at radius 1 is 1.29 bits per heavy atom. The van der Waals surface area contributed by atoms with E-state index in [4.69, 9.17) is 15.3 Å². The molecule has 2 amide bonds. The van der Waals surface area contributed by atoms with Gasteiger partial charge in [0.15, 0.2) is 0 Å². The molecule has 0 radical (unpaired) electrons. The Balaban J connectivity index is 0. The monoisotopic (exact) mass is 303 g/mol. The SMILES string of the molecule is CC(C)(C)OC(=O)NCCC(=O)O.CN(C)C(=O)CC=N. The first-order valence-corrected chi connectivity index (χ1v) is 6.37. The number of rotatable bonds is 5. The summed E-state index contributed by atoms with van der Waals surface area (Å²) >= 11 is 0. The van der Waals surface area contributed by atoms with E-state index < -0.39 is 17.7 Å². The Hall–Kier alpha value is -2.12. The molecule has 0 saturated heterocycles. The summed E-state index contributed by atoms with van der Waals surface area (Å²) in [6.07, 6.45) is 0.628. The van der Waals surface area contributed by atoms with Gasteiger partial charge in [-0.1, -0.05) is 0 Å². The molecule has 0 rings (SSSR count). The third kappa shape index (κ3) is 17.9. The van der Waals surface area contributed by atoms with Gasteiger partial charge in [0, 0.05) is 26.9 Å². The van der Waals surface area contributed by atoms with Gasteiger partial charge in [-0.3, -0.25) is 9.59 Å². The first-order valence-electron chi connectivity index (χ1n) is 6.37. The van der Waals surface area contributed by atoms with Gasteiger partial charge in [-0.15, -0.1) is 0 Å². The fraction of sp³-hybridized carbons (Fsp3) is 0.692. The van der Waals surface area contributed by atoms with Crippen LogP contribution in [-0.2, 0) is 14.3 Å². The number of nitrogens with zero attached hydrogens (tertiary/aromatic N) is 1. The molecule has 0 saturated carbocycles. The van der Waals surface area contributed by atoms with Crippen LogP contribution in [0.3, 0.4) is 0 Å². The molecule has 0 aliphatic heterocycles. The second-order valence-electron chi connectivity index (χ2n) is 5.27. The van der Waals surface area contributed by atoms with Gasteiger partial charge in [-0.25, -0.2) is 4.79 Å². The van der Waals surface area contributed by atoms with Gasteiger partial charge in [0.1, 0.15) is 5.60 Å². The molecule has 0 bridgehead atoms. The Morgan fingerprint density at radius 2 is 1.81 bits per heavy atom. The summed E-state index contributed by atoms with van der Waals surface area (Å²) < 4.78 is 4.88. The van der Waals surface area contributed by atoms with E-state index in [0.29, 0.717) is 0 Å². The quantitative estimate of drug-likeness (QED) is 0.657. The standard InChI is InChI=1S/C8H15NO4.C5H10N2O/c1-8(2,3)13-7(12)9-5-4-6(10)11;1-7(2)5(8)3-4-6/h4-5H2,1-3H3,(H,9,12)(H,10,11);4,6H,3H2,1-2H3. The van der Waals surface area contributed by atoms with E-state index in [1.165, 1.54) is 4.90 Å². The highest BCUT2D eigenvalue weighted by atomic mass is 16.6. The molecule has 21 heavy (non-hydrogen) atoms. The molecule has 0 heterocycles. The van der Waals surface area contributed by atoms with Crippen LogP contribution in [0.15, 0.2) is 0 Å². The zero-order valence-electron chi connectivity index (χ0n) is 13.2. The van der Waals surface area contributed by atoms with Crippen LogP contribution in [0.1, 0.15) is 33.6 Å². The normalized spacial score (nSPS) is 9.76. The summed E-state index contributed by atoms with van der Waals surface area (Å²) in [5.74, 6) is -0.976. The molecule has 0 aromatic rings. The summed E-state index contributed by atoms with van der Waals surface area (Å²) in [5, 5.41) is 17.1. The first kappa shape index (κ1) is 21.2.